The minimum absolute atomic E-state index is 0.0501. The van der Waals surface area contributed by atoms with Gasteiger partial charge in [0.15, 0.2) is 0 Å². The highest BCUT2D eigenvalue weighted by Gasteiger charge is 2.15. The van der Waals surface area contributed by atoms with Crippen molar-refractivity contribution in [1.29, 1.82) is 0 Å². The van der Waals surface area contributed by atoms with Gasteiger partial charge in [-0.05, 0) is 14.0 Å². The number of amides is 1. The first kappa shape index (κ1) is 9.66. The predicted octanol–water partition coefficient (Wildman–Crippen LogP) is -0.290. The quantitative estimate of drug-likeness (QED) is 0.674. The first-order valence-corrected chi connectivity index (χ1v) is 3.92. The van der Waals surface area contributed by atoms with Crippen molar-refractivity contribution in [3.05, 3.63) is 11.7 Å². The number of nitrogens with one attached hydrogen (secondary N) is 2. The highest BCUT2D eigenvalue weighted by atomic mass is 16.5. The van der Waals surface area contributed by atoms with Crippen LogP contribution in [0.4, 0.5) is 0 Å². The monoisotopic (exact) mass is 184 g/mol. The van der Waals surface area contributed by atoms with E-state index in [0.29, 0.717) is 5.89 Å². The van der Waals surface area contributed by atoms with Crippen LogP contribution in [0.5, 0.6) is 0 Å². The summed E-state index contributed by atoms with van der Waals surface area (Å²) in [6, 6.07) is -0.0501. The Bertz CT molecular complexity index is 296. The molecule has 2 N–H and O–H groups in total. The SMILES string of the molecule is CNC(=O)c1noc([C@H](C)NC)n1. The van der Waals surface area contributed by atoms with E-state index in [0.717, 1.165) is 0 Å². The van der Waals surface area contributed by atoms with Gasteiger partial charge in [-0.3, -0.25) is 4.79 Å². The van der Waals surface area contributed by atoms with Gasteiger partial charge < -0.3 is 15.2 Å². The van der Waals surface area contributed by atoms with Crippen LogP contribution in [0.1, 0.15) is 29.5 Å². The fraction of sp³-hybridized carbons (Fsp3) is 0.571. The van der Waals surface area contributed by atoms with Gasteiger partial charge in [-0.1, -0.05) is 5.16 Å². The summed E-state index contributed by atoms with van der Waals surface area (Å²) < 4.78 is 4.86. The molecule has 0 saturated carbocycles. The Morgan fingerprint density at radius 3 is 2.77 bits per heavy atom. The maximum absolute atomic E-state index is 11.0. The summed E-state index contributed by atoms with van der Waals surface area (Å²) in [4.78, 5) is 14.9. The number of rotatable bonds is 3. The smallest absolute Gasteiger partial charge is 0.292 e. The molecule has 0 spiro atoms. The van der Waals surface area contributed by atoms with Crippen molar-refractivity contribution in [3.63, 3.8) is 0 Å². The standard InChI is InChI=1S/C7H12N4O2/c1-4(8-2)7-10-5(11-13-7)6(12)9-3/h4,8H,1-3H3,(H,9,12)/t4-/m0/s1. The zero-order valence-corrected chi connectivity index (χ0v) is 7.79. The van der Waals surface area contributed by atoms with Gasteiger partial charge in [-0.25, -0.2) is 0 Å². The zero-order valence-electron chi connectivity index (χ0n) is 7.79. The topological polar surface area (TPSA) is 80.0 Å². The van der Waals surface area contributed by atoms with Crippen molar-refractivity contribution < 1.29 is 9.32 Å². The first-order valence-electron chi connectivity index (χ1n) is 3.92. The van der Waals surface area contributed by atoms with Crippen LogP contribution in [0.3, 0.4) is 0 Å². The van der Waals surface area contributed by atoms with Crippen molar-refractivity contribution in [1.82, 2.24) is 20.8 Å². The van der Waals surface area contributed by atoms with Gasteiger partial charge in [0.05, 0.1) is 6.04 Å². The molecule has 1 amide bonds. The van der Waals surface area contributed by atoms with Crippen molar-refractivity contribution in [2.75, 3.05) is 14.1 Å². The third-order valence-corrected chi connectivity index (χ3v) is 1.68. The molecule has 0 unspecified atom stereocenters. The Morgan fingerprint density at radius 2 is 2.23 bits per heavy atom. The van der Waals surface area contributed by atoms with Crippen LogP contribution in [0, 0.1) is 0 Å². The minimum Gasteiger partial charge on any atom is -0.352 e. The highest BCUT2D eigenvalue weighted by molar-refractivity contribution is 5.89. The molecule has 13 heavy (non-hydrogen) atoms. The van der Waals surface area contributed by atoms with Gasteiger partial charge >= 0.3 is 0 Å². The number of carbonyl (C=O) groups excluding carboxylic acids is 1. The van der Waals surface area contributed by atoms with Gasteiger partial charge in [0.2, 0.25) is 5.89 Å². The minimum atomic E-state index is -0.349. The number of nitrogens with zero attached hydrogens (tertiary/aromatic N) is 2. The molecule has 0 aliphatic rings. The molecule has 1 aromatic rings. The first-order chi connectivity index (χ1) is 6.19. The summed E-state index contributed by atoms with van der Waals surface area (Å²) in [6.45, 7) is 1.86. The molecule has 1 atom stereocenters. The van der Waals surface area contributed by atoms with Crippen LogP contribution in [0.25, 0.3) is 0 Å². The lowest BCUT2D eigenvalue weighted by molar-refractivity contribution is 0.0950. The lowest BCUT2D eigenvalue weighted by atomic mass is 10.3. The Morgan fingerprint density at radius 1 is 1.54 bits per heavy atom. The second-order valence-electron chi connectivity index (χ2n) is 2.55. The third kappa shape index (κ3) is 2.03. The van der Waals surface area contributed by atoms with E-state index in [-0.39, 0.29) is 17.8 Å². The molecule has 6 nitrogen and oxygen atoms in total. The number of aromatic nitrogens is 2. The summed E-state index contributed by atoms with van der Waals surface area (Å²) in [6.07, 6.45) is 0. The summed E-state index contributed by atoms with van der Waals surface area (Å²) in [5.41, 5.74) is 0. The van der Waals surface area contributed by atoms with Gasteiger partial charge in [0.1, 0.15) is 0 Å². The summed E-state index contributed by atoms with van der Waals surface area (Å²) in [5, 5.41) is 8.85. The molecular weight excluding hydrogens is 172 g/mol. The average molecular weight is 184 g/mol. The maximum Gasteiger partial charge on any atom is 0.292 e. The van der Waals surface area contributed by atoms with E-state index in [1.807, 2.05) is 6.92 Å². The maximum atomic E-state index is 11.0. The van der Waals surface area contributed by atoms with Crippen molar-refractivity contribution in [2.24, 2.45) is 0 Å². The third-order valence-electron chi connectivity index (χ3n) is 1.68. The van der Waals surface area contributed by atoms with E-state index >= 15 is 0 Å². The van der Waals surface area contributed by atoms with Crippen LogP contribution in [-0.4, -0.2) is 30.1 Å². The summed E-state index contributed by atoms with van der Waals surface area (Å²) in [5.74, 6) is 0.110. The molecule has 0 aromatic carbocycles. The van der Waals surface area contributed by atoms with Gasteiger partial charge in [0, 0.05) is 7.05 Å². The summed E-state index contributed by atoms with van der Waals surface area (Å²) in [7, 11) is 3.29. The van der Waals surface area contributed by atoms with E-state index < -0.39 is 0 Å². The second kappa shape index (κ2) is 3.99. The van der Waals surface area contributed by atoms with Crippen LogP contribution < -0.4 is 10.6 Å². The normalized spacial score (nSPS) is 12.5. The predicted molar refractivity (Wildman–Crippen MR) is 45.2 cm³/mol. The Kier molecular flexibility index (Phi) is 2.97. The number of hydrogen-bond acceptors (Lipinski definition) is 5. The Balaban J connectivity index is 2.80. The van der Waals surface area contributed by atoms with Crippen molar-refractivity contribution in [3.8, 4) is 0 Å². The molecule has 1 heterocycles. The van der Waals surface area contributed by atoms with Crippen LogP contribution in [-0.2, 0) is 0 Å². The lowest BCUT2D eigenvalue weighted by Gasteiger charge is -2.01. The van der Waals surface area contributed by atoms with Gasteiger partial charge in [-0.2, -0.15) is 4.98 Å². The molecule has 0 aliphatic carbocycles. The molecule has 0 fully saturated rings. The molecular formula is C7H12N4O2. The lowest BCUT2D eigenvalue weighted by Crippen LogP contribution is -2.19. The Hall–Kier alpha value is -1.43. The van der Waals surface area contributed by atoms with Crippen molar-refractivity contribution >= 4 is 5.91 Å². The largest absolute Gasteiger partial charge is 0.352 e. The number of hydrogen-bond donors (Lipinski definition) is 2. The van der Waals surface area contributed by atoms with E-state index in [9.17, 15) is 4.79 Å². The van der Waals surface area contributed by atoms with Crippen LogP contribution in [0.15, 0.2) is 4.52 Å². The number of carbonyl (C=O) groups is 1. The molecule has 0 aliphatic heterocycles. The molecule has 72 valence electrons. The Labute approximate surface area is 75.7 Å². The van der Waals surface area contributed by atoms with Crippen LogP contribution in [0.2, 0.25) is 0 Å². The van der Waals surface area contributed by atoms with E-state index in [4.69, 9.17) is 4.52 Å². The molecule has 1 aromatic heterocycles. The molecule has 6 heteroatoms. The van der Waals surface area contributed by atoms with Crippen LogP contribution >= 0.6 is 0 Å². The summed E-state index contributed by atoms with van der Waals surface area (Å²) >= 11 is 0. The molecule has 0 saturated heterocycles. The molecule has 1 rings (SSSR count). The fourth-order valence-corrected chi connectivity index (χ4v) is 0.739. The van der Waals surface area contributed by atoms with E-state index in [1.165, 1.54) is 7.05 Å². The van der Waals surface area contributed by atoms with Gasteiger partial charge in [0.25, 0.3) is 11.7 Å². The average Bonchev–Trinajstić information content (AvgIpc) is 2.64. The molecule has 0 bridgehead atoms. The van der Waals surface area contributed by atoms with Crippen molar-refractivity contribution in [2.45, 2.75) is 13.0 Å². The molecule has 0 radical (unpaired) electrons. The highest BCUT2D eigenvalue weighted by Crippen LogP contribution is 2.07. The van der Waals surface area contributed by atoms with E-state index in [2.05, 4.69) is 20.8 Å². The van der Waals surface area contributed by atoms with E-state index in [1.54, 1.807) is 7.05 Å². The van der Waals surface area contributed by atoms with Gasteiger partial charge in [-0.15, -0.1) is 0 Å². The fourth-order valence-electron chi connectivity index (χ4n) is 0.739. The second-order valence-corrected chi connectivity index (χ2v) is 2.55. The zero-order chi connectivity index (χ0) is 9.84.